The number of aliphatic carboxylic acids is 1. The van der Waals surface area contributed by atoms with Gasteiger partial charge in [-0.1, -0.05) is 32.3 Å². The minimum atomic E-state index is -0.915. The molecular formula is C19H27NO5. The summed E-state index contributed by atoms with van der Waals surface area (Å²) in [5, 5.41) is 9.07. The highest BCUT2D eigenvalue weighted by molar-refractivity contribution is 5.86. The van der Waals surface area contributed by atoms with Gasteiger partial charge in [-0.3, -0.25) is 9.59 Å². The number of carboxylic acids is 1. The van der Waals surface area contributed by atoms with Gasteiger partial charge in [-0.05, 0) is 24.1 Å². The molecule has 6 nitrogen and oxygen atoms in total. The Morgan fingerprint density at radius 2 is 2.08 bits per heavy atom. The summed E-state index contributed by atoms with van der Waals surface area (Å²) in [7, 11) is 1.60. The summed E-state index contributed by atoms with van der Waals surface area (Å²) < 4.78 is 11.2. The molecule has 1 aromatic rings. The number of carbonyl (C=O) groups excluding carboxylic acids is 1. The summed E-state index contributed by atoms with van der Waals surface area (Å²) in [5.41, 5.74) is 0.906. The summed E-state index contributed by atoms with van der Waals surface area (Å²) in [6.07, 6.45) is 4.58. The number of ether oxygens (including phenoxy) is 2. The third-order valence-corrected chi connectivity index (χ3v) is 4.42. The number of unbranched alkanes of at least 4 members (excludes halogenated alkanes) is 3. The van der Waals surface area contributed by atoms with E-state index < -0.39 is 11.9 Å². The molecule has 1 heterocycles. The molecule has 0 radical (unpaired) electrons. The Labute approximate surface area is 148 Å². The van der Waals surface area contributed by atoms with Crippen LogP contribution in [0.5, 0.6) is 11.5 Å². The minimum Gasteiger partial charge on any atom is -0.493 e. The van der Waals surface area contributed by atoms with E-state index in [0.29, 0.717) is 24.7 Å². The first kappa shape index (κ1) is 19.1. The van der Waals surface area contributed by atoms with E-state index in [4.69, 9.17) is 14.6 Å². The van der Waals surface area contributed by atoms with Crippen molar-refractivity contribution in [2.45, 2.75) is 45.6 Å². The number of benzene rings is 1. The molecule has 1 fully saturated rings. The van der Waals surface area contributed by atoms with Crippen molar-refractivity contribution in [3.63, 3.8) is 0 Å². The predicted octanol–water partition coefficient (Wildman–Crippen LogP) is 3.09. The molecule has 6 heteroatoms. The molecule has 1 saturated heterocycles. The van der Waals surface area contributed by atoms with E-state index in [1.807, 2.05) is 18.2 Å². The van der Waals surface area contributed by atoms with Gasteiger partial charge in [0.15, 0.2) is 11.5 Å². The maximum atomic E-state index is 12.0. The quantitative estimate of drug-likeness (QED) is 0.657. The maximum absolute atomic E-state index is 12.0. The van der Waals surface area contributed by atoms with Gasteiger partial charge in [0.05, 0.1) is 19.6 Å². The molecule has 0 saturated carbocycles. The van der Waals surface area contributed by atoms with Gasteiger partial charge in [0.2, 0.25) is 5.91 Å². The molecule has 2 rings (SSSR count). The van der Waals surface area contributed by atoms with Crippen LogP contribution in [-0.4, -0.2) is 42.1 Å². The van der Waals surface area contributed by atoms with Crippen LogP contribution in [0, 0.1) is 5.92 Å². The smallest absolute Gasteiger partial charge is 0.308 e. The van der Waals surface area contributed by atoms with Gasteiger partial charge in [-0.25, -0.2) is 0 Å². The number of likely N-dealkylation sites (tertiary alicyclic amines) is 1. The second kappa shape index (κ2) is 9.30. The van der Waals surface area contributed by atoms with Gasteiger partial charge >= 0.3 is 5.97 Å². The predicted molar refractivity (Wildman–Crippen MR) is 93.8 cm³/mol. The van der Waals surface area contributed by atoms with Crippen LogP contribution in [0.15, 0.2) is 18.2 Å². The maximum Gasteiger partial charge on any atom is 0.308 e. The zero-order valence-corrected chi connectivity index (χ0v) is 15.0. The summed E-state index contributed by atoms with van der Waals surface area (Å²) in [6, 6.07) is 5.58. The number of methoxy groups -OCH3 is 1. The van der Waals surface area contributed by atoms with Crippen LogP contribution in [0.4, 0.5) is 0 Å². The molecule has 1 aliphatic rings. The van der Waals surface area contributed by atoms with Crippen LogP contribution >= 0.6 is 0 Å². The van der Waals surface area contributed by atoms with E-state index in [0.717, 1.165) is 18.4 Å². The highest BCUT2D eigenvalue weighted by Crippen LogP contribution is 2.30. The molecule has 1 amide bonds. The van der Waals surface area contributed by atoms with Crippen LogP contribution in [0.3, 0.4) is 0 Å². The lowest BCUT2D eigenvalue weighted by Crippen LogP contribution is -2.25. The average Bonchev–Trinajstić information content (AvgIpc) is 2.96. The van der Waals surface area contributed by atoms with Crippen LogP contribution < -0.4 is 9.47 Å². The fourth-order valence-corrected chi connectivity index (χ4v) is 2.95. The highest BCUT2D eigenvalue weighted by atomic mass is 16.5. The van der Waals surface area contributed by atoms with Gasteiger partial charge < -0.3 is 19.5 Å². The Bertz CT molecular complexity index is 601. The Morgan fingerprint density at radius 1 is 1.28 bits per heavy atom. The number of rotatable bonds is 10. The third kappa shape index (κ3) is 5.37. The molecule has 1 N–H and O–H groups in total. The molecule has 0 aliphatic carbocycles. The first-order valence-electron chi connectivity index (χ1n) is 8.85. The molecule has 1 atom stereocenters. The molecule has 1 aromatic carbocycles. The number of carboxylic acid groups (broad SMARTS) is 1. The van der Waals surface area contributed by atoms with Crippen LogP contribution in [0.2, 0.25) is 0 Å². The SMILES string of the molecule is CCCCCCOc1cc(CN2CC(C(=O)O)CC2=O)ccc1OC. The Kier molecular flexibility index (Phi) is 7.10. The number of hydrogen-bond acceptors (Lipinski definition) is 4. The van der Waals surface area contributed by atoms with Crippen molar-refractivity contribution in [1.82, 2.24) is 4.90 Å². The normalized spacial score (nSPS) is 17.0. The van der Waals surface area contributed by atoms with Crippen molar-refractivity contribution in [3.05, 3.63) is 23.8 Å². The van der Waals surface area contributed by atoms with Gasteiger partial charge in [0.25, 0.3) is 0 Å². The zero-order valence-electron chi connectivity index (χ0n) is 15.0. The Hall–Kier alpha value is -2.24. The van der Waals surface area contributed by atoms with Gasteiger partial charge in [-0.2, -0.15) is 0 Å². The molecule has 0 aromatic heterocycles. The second-order valence-electron chi connectivity index (χ2n) is 6.41. The van der Waals surface area contributed by atoms with E-state index in [-0.39, 0.29) is 18.9 Å². The van der Waals surface area contributed by atoms with Crippen molar-refractivity contribution in [1.29, 1.82) is 0 Å². The molecule has 138 valence electrons. The standard InChI is InChI=1S/C19H27NO5/c1-3-4-5-6-9-25-17-10-14(7-8-16(17)24-2)12-20-13-15(19(22)23)11-18(20)21/h7-8,10,15H,3-6,9,11-13H2,1-2H3,(H,22,23). The van der Waals surface area contributed by atoms with Crippen LogP contribution in [-0.2, 0) is 16.1 Å². The fraction of sp³-hybridized carbons (Fsp3) is 0.579. The van der Waals surface area contributed by atoms with E-state index >= 15 is 0 Å². The van der Waals surface area contributed by atoms with Gasteiger partial charge in [0, 0.05) is 19.5 Å². The van der Waals surface area contributed by atoms with Crippen molar-refractivity contribution in [2.75, 3.05) is 20.3 Å². The summed E-state index contributed by atoms with van der Waals surface area (Å²) in [5.74, 6) is -0.319. The monoisotopic (exact) mass is 349 g/mol. The van der Waals surface area contributed by atoms with E-state index in [1.54, 1.807) is 12.0 Å². The molecular weight excluding hydrogens is 322 g/mol. The van der Waals surface area contributed by atoms with Gasteiger partial charge in [-0.15, -0.1) is 0 Å². The van der Waals surface area contributed by atoms with Crippen LogP contribution in [0.25, 0.3) is 0 Å². The lowest BCUT2D eigenvalue weighted by molar-refractivity contribution is -0.141. The molecule has 1 aliphatic heterocycles. The molecule has 0 bridgehead atoms. The van der Waals surface area contributed by atoms with E-state index in [1.165, 1.54) is 12.8 Å². The molecule has 25 heavy (non-hydrogen) atoms. The lowest BCUT2D eigenvalue weighted by atomic mass is 10.1. The molecule has 0 spiro atoms. The highest BCUT2D eigenvalue weighted by Gasteiger charge is 2.34. The van der Waals surface area contributed by atoms with Crippen molar-refractivity contribution in [3.8, 4) is 11.5 Å². The first-order chi connectivity index (χ1) is 12.0. The van der Waals surface area contributed by atoms with E-state index in [2.05, 4.69) is 6.92 Å². The second-order valence-corrected chi connectivity index (χ2v) is 6.41. The Morgan fingerprint density at radius 3 is 2.72 bits per heavy atom. The van der Waals surface area contributed by atoms with Crippen molar-refractivity contribution in [2.24, 2.45) is 5.92 Å². The Balaban J connectivity index is 1.98. The number of hydrogen-bond donors (Lipinski definition) is 1. The van der Waals surface area contributed by atoms with Crippen molar-refractivity contribution >= 4 is 11.9 Å². The molecule has 1 unspecified atom stereocenters. The number of amides is 1. The fourth-order valence-electron chi connectivity index (χ4n) is 2.95. The summed E-state index contributed by atoms with van der Waals surface area (Å²) in [4.78, 5) is 24.6. The number of nitrogens with zero attached hydrogens (tertiary/aromatic N) is 1. The summed E-state index contributed by atoms with van der Waals surface area (Å²) >= 11 is 0. The summed E-state index contributed by atoms with van der Waals surface area (Å²) in [6.45, 7) is 3.44. The van der Waals surface area contributed by atoms with Gasteiger partial charge in [0.1, 0.15) is 0 Å². The minimum absolute atomic E-state index is 0.0757. The van der Waals surface area contributed by atoms with Crippen molar-refractivity contribution < 1.29 is 24.2 Å². The van der Waals surface area contributed by atoms with Crippen LogP contribution in [0.1, 0.15) is 44.6 Å². The largest absolute Gasteiger partial charge is 0.493 e. The zero-order chi connectivity index (χ0) is 18.2. The van der Waals surface area contributed by atoms with E-state index in [9.17, 15) is 9.59 Å². The average molecular weight is 349 g/mol. The first-order valence-corrected chi connectivity index (χ1v) is 8.85. The number of carbonyl (C=O) groups is 2. The third-order valence-electron chi connectivity index (χ3n) is 4.42. The topological polar surface area (TPSA) is 76.1 Å². The lowest BCUT2D eigenvalue weighted by Gasteiger charge is -2.18.